The highest BCUT2D eigenvalue weighted by molar-refractivity contribution is 8.15. The molecule has 1 heterocycles. The predicted octanol–water partition coefficient (Wildman–Crippen LogP) is 1.32. The fraction of sp³-hybridized carbons (Fsp3) is 0.909. The fourth-order valence-corrected chi connectivity index (χ4v) is 4.84. The van der Waals surface area contributed by atoms with E-state index in [0.717, 1.165) is 11.5 Å². The SMILES string of the molecule is COCCOCCSC(=O)C[S+]1CCCC1. The minimum Gasteiger partial charge on any atom is -0.382 e. The summed E-state index contributed by atoms with van der Waals surface area (Å²) >= 11 is 1.42. The summed E-state index contributed by atoms with van der Waals surface area (Å²) in [6, 6.07) is 0. The molecule has 0 aromatic rings. The first-order chi connectivity index (χ1) is 7.83. The van der Waals surface area contributed by atoms with Gasteiger partial charge in [0, 0.05) is 12.9 Å². The molecular weight excluding hydrogens is 244 g/mol. The Bertz CT molecular complexity index is 194. The van der Waals surface area contributed by atoms with Crippen molar-refractivity contribution >= 4 is 27.8 Å². The van der Waals surface area contributed by atoms with Gasteiger partial charge in [-0.15, -0.1) is 0 Å². The zero-order valence-corrected chi connectivity index (χ0v) is 11.5. The average Bonchev–Trinajstić information content (AvgIpc) is 2.76. The zero-order chi connectivity index (χ0) is 11.6. The van der Waals surface area contributed by atoms with Gasteiger partial charge >= 0.3 is 0 Å². The Balaban J connectivity index is 1.89. The molecule has 1 aliphatic heterocycles. The molecule has 1 saturated heterocycles. The third-order valence-corrected chi connectivity index (χ3v) is 5.78. The second-order valence-corrected chi connectivity index (χ2v) is 7.18. The topological polar surface area (TPSA) is 35.5 Å². The van der Waals surface area contributed by atoms with Gasteiger partial charge in [0.1, 0.15) is 11.5 Å². The number of hydrogen-bond donors (Lipinski definition) is 0. The summed E-state index contributed by atoms with van der Waals surface area (Å²) in [6.45, 7) is 1.89. The van der Waals surface area contributed by atoms with Gasteiger partial charge in [-0.3, -0.25) is 4.79 Å². The Labute approximate surface area is 105 Å². The van der Waals surface area contributed by atoms with Crippen LogP contribution in [0.25, 0.3) is 0 Å². The fourth-order valence-electron chi connectivity index (χ4n) is 1.53. The van der Waals surface area contributed by atoms with E-state index in [9.17, 15) is 4.79 Å². The maximum Gasteiger partial charge on any atom is 0.238 e. The van der Waals surface area contributed by atoms with Crippen LogP contribution in [0.2, 0.25) is 0 Å². The van der Waals surface area contributed by atoms with Crippen LogP contribution in [0.15, 0.2) is 0 Å². The van der Waals surface area contributed by atoms with Gasteiger partial charge in [0.05, 0.1) is 19.8 Å². The number of ether oxygens (including phenoxy) is 2. The Kier molecular flexibility index (Phi) is 8.37. The molecule has 0 unspecified atom stereocenters. The van der Waals surface area contributed by atoms with E-state index in [0.29, 0.717) is 35.8 Å². The van der Waals surface area contributed by atoms with Crippen molar-refractivity contribution in [2.45, 2.75) is 12.8 Å². The third kappa shape index (κ3) is 6.78. The van der Waals surface area contributed by atoms with Crippen LogP contribution in [-0.2, 0) is 25.2 Å². The van der Waals surface area contributed by atoms with Gasteiger partial charge < -0.3 is 9.47 Å². The second kappa shape index (κ2) is 9.33. The number of rotatable bonds is 8. The van der Waals surface area contributed by atoms with Gasteiger partial charge in [0.2, 0.25) is 5.12 Å². The summed E-state index contributed by atoms with van der Waals surface area (Å²) in [4.78, 5) is 11.6. The standard InChI is InChI=1S/C11H21O3S2/c1-13-4-5-14-6-7-15-11(12)10-16-8-2-3-9-16/h2-10H2,1H3/q+1. The van der Waals surface area contributed by atoms with Crippen LogP contribution in [0.5, 0.6) is 0 Å². The maximum absolute atomic E-state index is 11.6. The van der Waals surface area contributed by atoms with Gasteiger partial charge in [0.15, 0.2) is 5.75 Å². The van der Waals surface area contributed by atoms with E-state index in [1.807, 2.05) is 0 Å². The maximum atomic E-state index is 11.6. The van der Waals surface area contributed by atoms with Crippen LogP contribution < -0.4 is 0 Å². The lowest BCUT2D eigenvalue weighted by Crippen LogP contribution is -2.16. The molecule has 0 aliphatic carbocycles. The molecule has 1 fully saturated rings. The Hall–Kier alpha value is 0.290. The summed E-state index contributed by atoms with van der Waals surface area (Å²) in [7, 11) is 2.06. The molecule has 1 aliphatic rings. The quantitative estimate of drug-likeness (QED) is 0.490. The van der Waals surface area contributed by atoms with E-state index in [2.05, 4.69) is 0 Å². The van der Waals surface area contributed by atoms with Gasteiger partial charge in [0.25, 0.3) is 0 Å². The lowest BCUT2D eigenvalue weighted by molar-refractivity contribution is -0.108. The van der Waals surface area contributed by atoms with Crippen molar-refractivity contribution in [2.75, 3.05) is 49.9 Å². The number of thioether (sulfide) groups is 1. The normalized spacial score (nSPS) is 16.8. The van der Waals surface area contributed by atoms with Crippen molar-refractivity contribution < 1.29 is 14.3 Å². The van der Waals surface area contributed by atoms with Crippen LogP contribution in [0.4, 0.5) is 0 Å². The third-order valence-electron chi connectivity index (χ3n) is 2.36. The van der Waals surface area contributed by atoms with Crippen molar-refractivity contribution in [3.8, 4) is 0 Å². The highest BCUT2D eigenvalue weighted by atomic mass is 32.2. The number of carbonyl (C=O) groups excluding carboxylic acids is 1. The minimum absolute atomic E-state index is 0.348. The first-order valence-electron chi connectivity index (χ1n) is 5.69. The van der Waals surface area contributed by atoms with Gasteiger partial charge in [-0.2, -0.15) is 0 Å². The molecule has 0 aromatic heterocycles. The number of carbonyl (C=O) groups is 1. The molecule has 5 heteroatoms. The minimum atomic E-state index is 0.348. The van der Waals surface area contributed by atoms with Crippen molar-refractivity contribution in [1.29, 1.82) is 0 Å². The van der Waals surface area contributed by atoms with Crippen LogP contribution in [0.3, 0.4) is 0 Å². The second-order valence-electron chi connectivity index (χ2n) is 3.70. The van der Waals surface area contributed by atoms with Crippen molar-refractivity contribution in [2.24, 2.45) is 0 Å². The van der Waals surface area contributed by atoms with E-state index in [4.69, 9.17) is 9.47 Å². The van der Waals surface area contributed by atoms with Crippen molar-refractivity contribution in [1.82, 2.24) is 0 Å². The smallest absolute Gasteiger partial charge is 0.238 e. The molecule has 0 saturated carbocycles. The number of hydrogen-bond acceptors (Lipinski definition) is 4. The molecule has 0 radical (unpaired) electrons. The van der Waals surface area contributed by atoms with Gasteiger partial charge in [-0.05, 0) is 23.7 Å². The zero-order valence-electron chi connectivity index (χ0n) is 9.91. The largest absolute Gasteiger partial charge is 0.382 e. The molecular formula is C11H21O3S2+. The van der Waals surface area contributed by atoms with E-state index in [1.54, 1.807) is 7.11 Å². The molecule has 0 N–H and O–H groups in total. The highest BCUT2D eigenvalue weighted by Crippen LogP contribution is 2.16. The molecule has 16 heavy (non-hydrogen) atoms. The van der Waals surface area contributed by atoms with Crippen LogP contribution in [0, 0.1) is 0 Å². The van der Waals surface area contributed by atoms with Crippen molar-refractivity contribution in [3.63, 3.8) is 0 Å². The van der Waals surface area contributed by atoms with E-state index < -0.39 is 0 Å². The number of methoxy groups -OCH3 is 1. The Morgan fingerprint density at radius 2 is 2.00 bits per heavy atom. The summed E-state index contributed by atoms with van der Waals surface area (Å²) in [5.74, 6) is 4.12. The summed E-state index contributed by atoms with van der Waals surface area (Å²) < 4.78 is 10.2. The van der Waals surface area contributed by atoms with E-state index in [1.165, 1.54) is 36.1 Å². The summed E-state index contributed by atoms with van der Waals surface area (Å²) in [5, 5.41) is 0.348. The summed E-state index contributed by atoms with van der Waals surface area (Å²) in [5.41, 5.74) is 0. The van der Waals surface area contributed by atoms with Gasteiger partial charge in [-0.1, -0.05) is 11.8 Å². The van der Waals surface area contributed by atoms with E-state index in [-0.39, 0.29) is 0 Å². The monoisotopic (exact) mass is 265 g/mol. The van der Waals surface area contributed by atoms with Crippen LogP contribution >= 0.6 is 11.8 Å². The molecule has 3 nitrogen and oxygen atoms in total. The molecule has 94 valence electrons. The first-order valence-corrected chi connectivity index (χ1v) is 8.41. The molecule has 0 amide bonds. The Morgan fingerprint density at radius 3 is 2.69 bits per heavy atom. The Morgan fingerprint density at radius 1 is 1.25 bits per heavy atom. The lowest BCUT2D eigenvalue weighted by atomic mass is 10.4. The average molecular weight is 265 g/mol. The first kappa shape index (κ1) is 14.4. The van der Waals surface area contributed by atoms with Crippen LogP contribution in [0.1, 0.15) is 12.8 Å². The van der Waals surface area contributed by atoms with Gasteiger partial charge in [-0.25, -0.2) is 0 Å². The highest BCUT2D eigenvalue weighted by Gasteiger charge is 2.26. The molecule has 0 atom stereocenters. The molecule has 0 aromatic carbocycles. The molecule has 1 rings (SSSR count). The van der Waals surface area contributed by atoms with Crippen LogP contribution in [-0.4, -0.2) is 55.1 Å². The lowest BCUT2D eigenvalue weighted by Gasteiger charge is -2.03. The molecule has 0 bridgehead atoms. The van der Waals surface area contributed by atoms with Crippen molar-refractivity contribution in [3.05, 3.63) is 0 Å². The van der Waals surface area contributed by atoms with E-state index >= 15 is 0 Å². The molecule has 0 spiro atoms. The summed E-state index contributed by atoms with van der Waals surface area (Å²) in [6.07, 6.45) is 2.64. The predicted molar refractivity (Wildman–Crippen MR) is 71.4 cm³/mol.